The molecule has 1 aromatic carbocycles. The van der Waals surface area contributed by atoms with E-state index in [0.717, 1.165) is 5.56 Å². The van der Waals surface area contributed by atoms with Gasteiger partial charge in [0.25, 0.3) is 0 Å². The van der Waals surface area contributed by atoms with Crippen molar-refractivity contribution in [3.05, 3.63) is 59.2 Å². The Bertz CT molecular complexity index is 758. The Labute approximate surface area is 138 Å². The Kier molecular flexibility index (Phi) is 4.59. The van der Waals surface area contributed by atoms with E-state index in [1.54, 1.807) is 12.4 Å². The average molecular weight is 332 g/mol. The maximum absolute atomic E-state index is 13.8. The van der Waals surface area contributed by atoms with Gasteiger partial charge in [-0.1, -0.05) is 0 Å². The van der Waals surface area contributed by atoms with E-state index in [4.69, 9.17) is 10.5 Å². The Hall–Kier alpha value is -2.70. The Morgan fingerprint density at radius 1 is 1.33 bits per heavy atom. The summed E-state index contributed by atoms with van der Waals surface area (Å²) in [5.74, 6) is -0.661. The monoisotopic (exact) mass is 332 g/mol. The molecule has 1 saturated carbocycles. The molecule has 2 aromatic rings. The standard InChI is InChI=1S/C17H18F2N4O/c1-10-14(18)4-5-15(16(10)19)21-8-13(20)9-24-17-22-6-12(7-23-17)11-2-3-11/h4-8,11,21H,2-3,9,20H2,1H3/b13-8-. The van der Waals surface area contributed by atoms with E-state index in [1.165, 1.54) is 38.1 Å². The fourth-order valence-corrected chi connectivity index (χ4v) is 2.16. The van der Waals surface area contributed by atoms with Crippen LogP contribution >= 0.6 is 0 Å². The molecule has 1 fully saturated rings. The number of hydrogen-bond acceptors (Lipinski definition) is 5. The van der Waals surface area contributed by atoms with Crippen LogP contribution in [-0.2, 0) is 0 Å². The molecule has 0 spiro atoms. The highest BCUT2D eigenvalue weighted by Crippen LogP contribution is 2.39. The maximum Gasteiger partial charge on any atom is 0.316 e. The van der Waals surface area contributed by atoms with Gasteiger partial charge in [-0.15, -0.1) is 0 Å². The molecule has 0 saturated heterocycles. The highest BCUT2D eigenvalue weighted by molar-refractivity contribution is 5.50. The minimum absolute atomic E-state index is 0.0487. The lowest BCUT2D eigenvalue weighted by atomic mass is 10.2. The number of nitrogens with zero attached hydrogens (tertiary/aromatic N) is 2. The quantitative estimate of drug-likeness (QED) is 0.850. The molecule has 1 aromatic heterocycles. The lowest BCUT2D eigenvalue weighted by molar-refractivity contribution is 0.321. The zero-order chi connectivity index (χ0) is 17.1. The predicted octanol–water partition coefficient (Wildman–Crippen LogP) is 3.23. The van der Waals surface area contributed by atoms with Crippen molar-refractivity contribution in [3.8, 4) is 6.01 Å². The molecule has 1 aliphatic carbocycles. The van der Waals surface area contributed by atoms with Gasteiger partial charge in [-0.2, -0.15) is 0 Å². The summed E-state index contributed by atoms with van der Waals surface area (Å²) in [6.07, 6.45) is 7.28. The minimum Gasteiger partial charge on any atom is -0.457 e. The first kappa shape index (κ1) is 16.2. The molecule has 0 aliphatic heterocycles. The zero-order valence-corrected chi connectivity index (χ0v) is 13.2. The Morgan fingerprint density at radius 2 is 2.04 bits per heavy atom. The van der Waals surface area contributed by atoms with Gasteiger partial charge >= 0.3 is 6.01 Å². The van der Waals surface area contributed by atoms with Crippen molar-refractivity contribution < 1.29 is 13.5 Å². The lowest BCUT2D eigenvalue weighted by Gasteiger charge is -2.08. The van der Waals surface area contributed by atoms with Gasteiger partial charge in [0.2, 0.25) is 0 Å². The van der Waals surface area contributed by atoms with Crippen LogP contribution in [-0.4, -0.2) is 16.6 Å². The van der Waals surface area contributed by atoms with Gasteiger partial charge in [0.15, 0.2) is 5.82 Å². The van der Waals surface area contributed by atoms with E-state index >= 15 is 0 Å². The molecule has 0 unspecified atom stereocenters. The van der Waals surface area contributed by atoms with Gasteiger partial charge in [-0.3, -0.25) is 0 Å². The number of hydrogen-bond donors (Lipinski definition) is 2. The molecule has 1 heterocycles. The van der Waals surface area contributed by atoms with Gasteiger partial charge in [0, 0.05) is 24.2 Å². The lowest BCUT2D eigenvalue weighted by Crippen LogP contribution is -2.12. The summed E-state index contributed by atoms with van der Waals surface area (Å²) in [4.78, 5) is 8.25. The molecular weight excluding hydrogens is 314 g/mol. The van der Waals surface area contributed by atoms with Crippen molar-refractivity contribution in [2.75, 3.05) is 11.9 Å². The van der Waals surface area contributed by atoms with Gasteiger partial charge < -0.3 is 15.8 Å². The van der Waals surface area contributed by atoms with Crippen molar-refractivity contribution in [3.63, 3.8) is 0 Å². The van der Waals surface area contributed by atoms with Gasteiger partial charge in [0.1, 0.15) is 12.4 Å². The number of nitrogens with two attached hydrogens (primary N) is 1. The van der Waals surface area contributed by atoms with Crippen LogP contribution in [0, 0.1) is 18.6 Å². The summed E-state index contributed by atoms with van der Waals surface area (Å²) < 4.78 is 32.4. The fraction of sp³-hybridized carbons (Fsp3) is 0.294. The normalized spacial score (nSPS) is 14.5. The highest BCUT2D eigenvalue weighted by Gasteiger charge is 2.24. The number of ether oxygens (including phenoxy) is 1. The van der Waals surface area contributed by atoms with Crippen LogP contribution in [0.15, 0.2) is 36.4 Å². The third kappa shape index (κ3) is 3.79. The first-order chi connectivity index (χ1) is 11.5. The fourth-order valence-electron chi connectivity index (χ4n) is 2.16. The van der Waals surface area contributed by atoms with Crippen LogP contribution in [0.4, 0.5) is 14.5 Å². The van der Waals surface area contributed by atoms with E-state index < -0.39 is 11.6 Å². The summed E-state index contributed by atoms with van der Waals surface area (Å²) in [5, 5.41) is 2.70. The van der Waals surface area contributed by atoms with Crippen molar-refractivity contribution in [1.29, 1.82) is 0 Å². The van der Waals surface area contributed by atoms with Crippen LogP contribution < -0.4 is 15.8 Å². The van der Waals surface area contributed by atoms with Crippen LogP contribution in [0.3, 0.4) is 0 Å². The van der Waals surface area contributed by atoms with Crippen molar-refractivity contribution in [2.24, 2.45) is 5.73 Å². The third-order valence-corrected chi connectivity index (χ3v) is 3.80. The number of rotatable bonds is 6. The second kappa shape index (κ2) is 6.82. The molecule has 0 atom stereocenters. The van der Waals surface area contributed by atoms with Crippen LogP contribution in [0.5, 0.6) is 6.01 Å². The molecular formula is C17H18F2N4O. The molecule has 3 N–H and O–H groups in total. The Morgan fingerprint density at radius 3 is 2.71 bits per heavy atom. The molecule has 24 heavy (non-hydrogen) atoms. The van der Waals surface area contributed by atoms with E-state index in [2.05, 4.69) is 15.3 Å². The number of benzene rings is 1. The first-order valence-electron chi connectivity index (χ1n) is 7.65. The highest BCUT2D eigenvalue weighted by atomic mass is 19.1. The average Bonchev–Trinajstić information content (AvgIpc) is 3.43. The Balaban J connectivity index is 1.55. The van der Waals surface area contributed by atoms with E-state index in [-0.39, 0.29) is 23.9 Å². The largest absolute Gasteiger partial charge is 0.457 e. The topological polar surface area (TPSA) is 73.1 Å². The molecule has 126 valence electrons. The van der Waals surface area contributed by atoms with E-state index in [0.29, 0.717) is 11.6 Å². The summed E-state index contributed by atoms with van der Waals surface area (Å²) in [5.41, 5.74) is 7.33. The summed E-state index contributed by atoms with van der Waals surface area (Å²) in [7, 11) is 0. The zero-order valence-electron chi connectivity index (χ0n) is 13.2. The molecule has 7 heteroatoms. The minimum atomic E-state index is -0.654. The molecule has 0 bridgehead atoms. The van der Waals surface area contributed by atoms with Gasteiger partial charge in [-0.25, -0.2) is 18.7 Å². The van der Waals surface area contributed by atoms with Gasteiger partial charge in [0.05, 0.1) is 11.4 Å². The predicted molar refractivity (Wildman–Crippen MR) is 86.5 cm³/mol. The van der Waals surface area contributed by atoms with E-state index in [1.807, 2.05) is 0 Å². The third-order valence-electron chi connectivity index (χ3n) is 3.80. The molecule has 0 amide bonds. The number of halogens is 2. The summed E-state index contributed by atoms with van der Waals surface area (Å²) in [6.45, 7) is 1.42. The van der Waals surface area contributed by atoms with Crippen molar-refractivity contribution in [2.45, 2.75) is 25.7 Å². The van der Waals surface area contributed by atoms with Crippen LogP contribution in [0.1, 0.15) is 29.9 Å². The summed E-state index contributed by atoms with van der Waals surface area (Å²) >= 11 is 0. The second-order valence-corrected chi connectivity index (χ2v) is 5.76. The summed E-state index contributed by atoms with van der Waals surface area (Å²) in [6, 6.07) is 2.73. The molecule has 3 rings (SSSR count). The van der Waals surface area contributed by atoms with Crippen molar-refractivity contribution >= 4 is 5.69 Å². The molecule has 0 radical (unpaired) electrons. The number of nitrogens with one attached hydrogen (secondary N) is 1. The second-order valence-electron chi connectivity index (χ2n) is 5.76. The SMILES string of the molecule is Cc1c(F)ccc(N/C=C(\N)COc2ncc(C3CC3)cn2)c1F. The smallest absolute Gasteiger partial charge is 0.316 e. The number of anilines is 1. The van der Waals surface area contributed by atoms with Crippen LogP contribution in [0.2, 0.25) is 0 Å². The number of aromatic nitrogens is 2. The van der Waals surface area contributed by atoms with Crippen LogP contribution in [0.25, 0.3) is 0 Å². The molecule has 1 aliphatic rings. The molecule has 5 nitrogen and oxygen atoms in total. The van der Waals surface area contributed by atoms with Crippen molar-refractivity contribution in [1.82, 2.24) is 9.97 Å². The first-order valence-corrected chi connectivity index (χ1v) is 7.65. The maximum atomic E-state index is 13.8. The van der Waals surface area contributed by atoms with E-state index in [9.17, 15) is 8.78 Å². The van der Waals surface area contributed by atoms with Gasteiger partial charge in [-0.05, 0) is 43.4 Å².